The number of nitrogens with zero attached hydrogens (tertiary/aromatic N) is 2. The summed E-state index contributed by atoms with van der Waals surface area (Å²) in [4.78, 5) is 27.2. The third-order valence-corrected chi connectivity index (χ3v) is 6.17. The molecule has 0 aliphatic heterocycles. The average Bonchev–Trinajstić information content (AvgIpc) is 2.72. The summed E-state index contributed by atoms with van der Waals surface area (Å²) >= 11 is 0. The monoisotopic (exact) mass is 449 g/mol. The molecule has 0 aromatic heterocycles. The SMILES string of the molecule is CC[C@@H](C(=O)NC)N(Cc1ccccc1C)C(=O)CN(c1ccc(F)cc1)S(C)(=O)=O. The zero-order valence-electron chi connectivity index (χ0n) is 18.1. The zero-order chi connectivity index (χ0) is 23.2. The van der Waals surface area contributed by atoms with Crippen LogP contribution in [-0.4, -0.2) is 51.0 Å². The van der Waals surface area contributed by atoms with E-state index >= 15 is 0 Å². The highest BCUT2D eigenvalue weighted by Gasteiger charge is 2.31. The standard InChI is InChI=1S/C22H28FN3O4S/c1-5-20(22(28)24-3)25(14-17-9-7-6-8-16(17)2)21(27)15-26(31(4,29)30)19-12-10-18(23)11-13-19/h6-13,20H,5,14-15H2,1-4H3,(H,24,28)/t20-/m0/s1. The Balaban J connectivity index is 2.43. The molecular formula is C22H28FN3O4S. The Morgan fingerprint density at radius 2 is 1.71 bits per heavy atom. The number of hydrogen-bond acceptors (Lipinski definition) is 4. The molecule has 0 saturated heterocycles. The number of rotatable bonds is 9. The van der Waals surface area contributed by atoms with E-state index < -0.39 is 34.3 Å². The molecule has 7 nitrogen and oxygen atoms in total. The van der Waals surface area contributed by atoms with Crippen molar-refractivity contribution < 1.29 is 22.4 Å². The maximum atomic E-state index is 13.3. The molecule has 1 N–H and O–H groups in total. The van der Waals surface area contributed by atoms with Crippen molar-refractivity contribution >= 4 is 27.5 Å². The van der Waals surface area contributed by atoms with E-state index in [1.165, 1.54) is 24.1 Å². The average molecular weight is 450 g/mol. The Labute approximate surface area is 182 Å². The lowest BCUT2D eigenvalue weighted by atomic mass is 10.1. The Bertz CT molecular complexity index is 1030. The summed E-state index contributed by atoms with van der Waals surface area (Å²) in [5.41, 5.74) is 1.97. The number of nitrogens with one attached hydrogen (secondary N) is 1. The lowest BCUT2D eigenvalue weighted by Crippen LogP contribution is -2.51. The van der Waals surface area contributed by atoms with Crippen LogP contribution < -0.4 is 9.62 Å². The smallest absolute Gasteiger partial charge is 0.244 e. The second-order valence-electron chi connectivity index (χ2n) is 7.23. The Morgan fingerprint density at radius 3 is 2.23 bits per heavy atom. The van der Waals surface area contributed by atoms with Gasteiger partial charge in [-0.15, -0.1) is 0 Å². The predicted molar refractivity (Wildman–Crippen MR) is 118 cm³/mol. The molecule has 0 fully saturated rings. The normalized spacial score (nSPS) is 12.2. The minimum atomic E-state index is -3.84. The molecule has 0 saturated carbocycles. The number of halogens is 1. The number of carbonyl (C=O) groups excluding carboxylic acids is 2. The Morgan fingerprint density at radius 1 is 1.10 bits per heavy atom. The van der Waals surface area contributed by atoms with Crippen LogP contribution in [0, 0.1) is 12.7 Å². The van der Waals surface area contributed by atoms with Crippen molar-refractivity contribution in [3.8, 4) is 0 Å². The van der Waals surface area contributed by atoms with E-state index in [0.29, 0.717) is 6.42 Å². The lowest BCUT2D eigenvalue weighted by Gasteiger charge is -2.33. The van der Waals surface area contributed by atoms with E-state index in [9.17, 15) is 22.4 Å². The first-order valence-corrected chi connectivity index (χ1v) is 11.7. The molecule has 0 bridgehead atoms. The highest BCUT2D eigenvalue weighted by atomic mass is 32.2. The number of aryl methyl sites for hydroxylation is 1. The number of sulfonamides is 1. The van der Waals surface area contributed by atoms with Crippen LogP contribution in [0.3, 0.4) is 0 Å². The third kappa shape index (κ3) is 6.27. The highest BCUT2D eigenvalue weighted by Crippen LogP contribution is 2.20. The number of anilines is 1. The fourth-order valence-corrected chi connectivity index (χ4v) is 4.13. The number of likely N-dealkylation sites (N-methyl/N-ethyl adjacent to an activating group) is 1. The first-order valence-electron chi connectivity index (χ1n) is 9.87. The summed E-state index contributed by atoms with van der Waals surface area (Å²) in [7, 11) is -2.35. The van der Waals surface area contributed by atoms with E-state index in [1.807, 2.05) is 31.2 Å². The summed E-state index contributed by atoms with van der Waals surface area (Å²) in [6, 6.07) is 11.6. The van der Waals surface area contributed by atoms with Crippen molar-refractivity contribution in [3.05, 3.63) is 65.5 Å². The fourth-order valence-electron chi connectivity index (χ4n) is 3.28. The van der Waals surface area contributed by atoms with E-state index in [4.69, 9.17) is 0 Å². The largest absolute Gasteiger partial charge is 0.357 e. The molecule has 2 aromatic carbocycles. The molecule has 2 aromatic rings. The molecule has 9 heteroatoms. The molecule has 0 spiro atoms. The fraction of sp³-hybridized carbons (Fsp3) is 0.364. The lowest BCUT2D eigenvalue weighted by molar-refractivity contribution is -0.140. The Kier molecular flexibility index (Phi) is 8.15. The van der Waals surface area contributed by atoms with Crippen LogP contribution in [0.2, 0.25) is 0 Å². The summed E-state index contributed by atoms with van der Waals surface area (Å²) in [5, 5.41) is 2.57. The van der Waals surface area contributed by atoms with Gasteiger partial charge in [-0.25, -0.2) is 12.8 Å². The van der Waals surface area contributed by atoms with Crippen molar-refractivity contribution in [2.75, 3.05) is 24.2 Å². The molecule has 0 heterocycles. The minimum Gasteiger partial charge on any atom is -0.357 e. The molecule has 1 atom stereocenters. The van der Waals surface area contributed by atoms with Gasteiger partial charge in [-0.2, -0.15) is 0 Å². The van der Waals surface area contributed by atoms with Gasteiger partial charge in [-0.05, 0) is 48.7 Å². The van der Waals surface area contributed by atoms with Gasteiger partial charge in [0, 0.05) is 13.6 Å². The predicted octanol–water partition coefficient (Wildman–Crippen LogP) is 2.45. The van der Waals surface area contributed by atoms with Gasteiger partial charge in [0.2, 0.25) is 21.8 Å². The van der Waals surface area contributed by atoms with Crippen molar-refractivity contribution in [2.45, 2.75) is 32.9 Å². The van der Waals surface area contributed by atoms with Crippen LogP contribution in [0.5, 0.6) is 0 Å². The molecule has 0 unspecified atom stereocenters. The van der Waals surface area contributed by atoms with Gasteiger partial charge < -0.3 is 10.2 Å². The molecule has 168 valence electrons. The molecule has 31 heavy (non-hydrogen) atoms. The summed E-state index contributed by atoms with van der Waals surface area (Å²) in [6.45, 7) is 3.33. The number of carbonyl (C=O) groups is 2. The van der Waals surface area contributed by atoms with Crippen LogP contribution in [-0.2, 0) is 26.2 Å². The maximum absolute atomic E-state index is 13.3. The summed E-state index contributed by atoms with van der Waals surface area (Å²) < 4.78 is 39.0. The van der Waals surface area contributed by atoms with Crippen molar-refractivity contribution in [2.24, 2.45) is 0 Å². The number of amides is 2. The third-order valence-electron chi connectivity index (χ3n) is 5.03. The molecule has 0 aliphatic carbocycles. The second-order valence-corrected chi connectivity index (χ2v) is 9.14. The first-order chi connectivity index (χ1) is 14.6. The molecule has 0 aliphatic rings. The van der Waals surface area contributed by atoms with Crippen LogP contribution in [0.4, 0.5) is 10.1 Å². The van der Waals surface area contributed by atoms with Gasteiger partial charge >= 0.3 is 0 Å². The van der Waals surface area contributed by atoms with Crippen molar-refractivity contribution in [1.82, 2.24) is 10.2 Å². The van der Waals surface area contributed by atoms with Gasteiger partial charge in [0.25, 0.3) is 0 Å². The van der Waals surface area contributed by atoms with Gasteiger partial charge in [-0.3, -0.25) is 13.9 Å². The van der Waals surface area contributed by atoms with Crippen LogP contribution in [0.1, 0.15) is 24.5 Å². The van der Waals surface area contributed by atoms with E-state index in [0.717, 1.165) is 33.8 Å². The second kappa shape index (κ2) is 10.4. The quantitative estimate of drug-likeness (QED) is 0.637. The molecular weight excluding hydrogens is 421 g/mol. The molecule has 2 amide bonds. The van der Waals surface area contributed by atoms with Crippen LogP contribution in [0.15, 0.2) is 48.5 Å². The first kappa shape index (κ1) is 24.3. The number of benzene rings is 2. The van der Waals surface area contributed by atoms with Gasteiger partial charge in [0.1, 0.15) is 18.4 Å². The summed E-state index contributed by atoms with van der Waals surface area (Å²) in [5.74, 6) is -1.39. The van der Waals surface area contributed by atoms with E-state index in [-0.39, 0.29) is 18.1 Å². The Hall–Kier alpha value is -2.94. The maximum Gasteiger partial charge on any atom is 0.244 e. The van der Waals surface area contributed by atoms with Crippen LogP contribution in [0.25, 0.3) is 0 Å². The summed E-state index contributed by atoms with van der Waals surface area (Å²) in [6.07, 6.45) is 1.33. The van der Waals surface area contributed by atoms with Crippen molar-refractivity contribution in [1.29, 1.82) is 0 Å². The molecule has 0 radical (unpaired) electrons. The molecule has 2 rings (SSSR count). The van der Waals surface area contributed by atoms with Crippen LogP contribution >= 0.6 is 0 Å². The highest BCUT2D eigenvalue weighted by molar-refractivity contribution is 7.92. The van der Waals surface area contributed by atoms with E-state index in [1.54, 1.807) is 6.92 Å². The van der Waals surface area contributed by atoms with E-state index in [2.05, 4.69) is 5.32 Å². The topological polar surface area (TPSA) is 86.8 Å². The van der Waals surface area contributed by atoms with Crippen molar-refractivity contribution in [3.63, 3.8) is 0 Å². The van der Waals surface area contributed by atoms with Gasteiger partial charge in [-0.1, -0.05) is 31.2 Å². The van der Waals surface area contributed by atoms with Gasteiger partial charge in [0.05, 0.1) is 11.9 Å². The number of hydrogen-bond donors (Lipinski definition) is 1. The van der Waals surface area contributed by atoms with Gasteiger partial charge in [0.15, 0.2) is 0 Å². The minimum absolute atomic E-state index is 0.151. The zero-order valence-corrected chi connectivity index (χ0v) is 18.9.